The van der Waals surface area contributed by atoms with E-state index in [2.05, 4.69) is 15.3 Å². The van der Waals surface area contributed by atoms with E-state index < -0.39 is 18.6 Å². The van der Waals surface area contributed by atoms with Gasteiger partial charge in [-0.3, -0.25) is 0 Å². The minimum atomic E-state index is -4.19. The highest BCUT2D eigenvalue weighted by molar-refractivity contribution is 5.19. The molecule has 2 N–H and O–H groups in total. The summed E-state index contributed by atoms with van der Waals surface area (Å²) >= 11 is 0. The molecule has 0 saturated carbocycles. The second-order valence-corrected chi connectivity index (χ2v) is 4.88. The molecule has 1 atom stereocenters. The Hall–Kier alpha value is -1.82. The summed E-state index contributed by atoms with van der Waals surface area (Å²) in [4.78, 5) is 7.06. The van der Waals surface area contributed by atoms with Crippen LogP contribution in [0.5, 0.6) is 0 Å². The van der Waals surface area contributed by atoms with Gasteiger partial charge in [0, 0.05) is 24.9 Å². The third-order valence-electron chi connectivity index (χ3n) is 3.17. The third-order valence-corrected chi connectivity index (χ3v) is 3.17. The molecule has 0 fully saturated rings. The van der Waals surface area contributed by atoms with Crippen LogP contribution in [0.2, 0.25) is 0 Å². The summed E-state index contributed by atoms with van der Waals surface area (Å²) in [6.45, 7) is 0.510. The van der Waals surface area contributed by atoms with Crippen LogP contribution in [0.4, 0.5) is 13.2 Å². The Morgan fingerprint density at radius 2 is 1.95 bits per heavy atom. The number of aryl methyl sites for hydroxylation is 1. The summed E-state index contributed by atoms with van der Waals surface area (Å²) in [6, 6.07) is 8.03. The molecular formula is C15H18F3N3. The maximum atomic E-state index is 12.7. The molecule has 0 aliphatic rings. The standard InChI is InChI=1S/C15H18F3N3/c16-15(17,18)11-13(12-5-2-1-3-6-12)19-8-4-7-14-20-9-10-21-14/h1-3,5-6,9-10,13,19H,4,7-8,11H2,(H,20,21). The smallest absolute Gasteiger partial charge is 0.349 e. The Labute approximate surface area is 121 Å². The van der Waals surface area contributed by atoms with Gasteiger partial charge in [0.1, 0.15) is 5.82 Å². The molecule has 0 radical (unpaired) electrons. The number of H-pyrrole nitrogens is 1. The molecule has 0 spiro atoms. The normalized spacial score (nSPS) is 13.3. The number of aromatic amines is 1. The summed E-state index contributed by atoms with van der Waals surface area (Å²) in [5, 5.41) is 2.99. The first kappa shape index (κ1) is 15.6. The largest absolute Gasteiger partial charge is 0.390 e. The molecule has 1 aromatic heterocycles. The van der Waals surface area contributed by atoms with Crippen LogP contribution in [-0.4, -0.2) is 22.7 Å². The monoisotopic (exact) mass is 297 g/mol. The summed E-state index contributed by atoms with van der Waals surface area (Å²) < 4.78 is 38.0. The highest BCUT2D eigenvalue weighted by atomic mass is 19.4. The number of imidazole rings is 1. The van der Waals surface area contributed by atoms with Gasteiger partial charge in [-0.25, -0.2) is 4.98 Å². The molecule has 0 saturated heterocycles. The molecule has 2 aromatic rings. The molecule has 0 bridgehead atoms. The van der Waals surface area contributed by atoms with Gasteiger partial charge in [0.05, 0.1) is 6.42 Å². The van der Waals surface area contributed by atoms with Crippen molar-refractivity contribution in [3.05, 3.63) is 54.1 Å². The molecule has 21 heavy (non-hydrogen) atoms. The van der Waals surface area contributed by atoms with Crippen LogP contribution in [0, 0.1) is 0 Å². The van der Waals surface area contributed by atoms with Crippen molar-refractivity contribution < 1.29 is 13.2 Å². The van der Waals surface area contributed by atoms with Crippen molar-refractivity contribution in [3.8, 4) is 0 Å². The van der Waals surface area contributed by atoms with Gasteiger partial charge < -0.3 is 10.3 Å². The van der Waals surface area contributed by atoms with Crippen LogP contribution in [-0.2, 0) is 6.42 Å². The maximum absolute atomic E-state index is 12.7. The van der Waals surface area contributed by atoms with E-state index in [0.717, 1.165) is 12.2 Å². The van der Waals surface area contributed by atoms with E-state index in [-0.39, 0.29) is 0 Å². The van der Waals surface area contributed by atoms with Gasteiger partial charge in [-0.1, -0.05) is 30.3 Å². The second kappa shape index (κ2) is 7.26. The zero-order chi connectivity index (χ0) is 15.1. The topological polar surface area (TPSA) is 40.7 Å². The van der Waals surface area contributed by atoms with Crippen molar-refractivity contribution in [2.75, 3.05) is 6.54 Å². The van der Waals surface area contributed by atoms with Gasteiger partial charge >= 0.3 is 6.18 Å². The second-order valence-electron chi connectivity index (χ2n) is 4.88. The molecule has 0 amide bonds. The Morgan fingerprint density at radius 3 is 2.57 bits per heavy atom. The minimum absolute atomic E-state index is 0.510. The molecule has 2 rings (SSSR count). The van der Waals surface area contributed by atoms with E-state index in [0.29, 0.717) is 18.5 Å². The highest BCUT2D eigenvalue weighted by Gasteiger charge is 2.32. The number of benzene rings is 1. The number of nitrogens with zero attached hydrogens (tertiary/aromatic N) is 1. The molecule has 0 aliphatic heterocycles. The first-order valence-corrected chi connectivity index (χ1v) is 6.88. The molecular weight excluding hydrogens is 279 g/mol. The van der Waals surface area contributed by atoms with Crippen molar-refractivity contribution >= 4 is 0 Å². The number of hydrogen-bond acceptors (Lipinski definition) is 2. The van der Waals surface area contributed by atoms with Gasteiger partial charge in [0.2, 0.25) is 0 Å². The first-order chi connectivity index (χ1) is 10.0. The lowest BCUT2D eigenvalue weighted by molar-refractivity contribution is -0.140. The Balaban J connectivity index is 1.87. The zero-order valence-electron chi connectivity index (χ0n) is 11.5. The van der Waals surface area contributed by atoms with Gasteiger partial charge in [0.15, 0.2) is 0 Å². The number of alkyl halides is 3. The van der Waals surface area contributed by atoms with E-state index in [1.165, 1.54) is 0 Å². The first-order valence-electron chi connectivity index (χ1n) is 6.88. The molecule has 6 heteroatoms. The van der Waals surface area contributed by atoms with Crippen LogP contribution in [0.15, 0.2) is 42.7 Å². The summed E-state index contributed by atoms with van der Waals surface area (Å²) in [5.41, 5.74) is 0.660. The molecule has 1 heterocycles. The maximum Gasteiger partial charge on any atom is 0.390 e. The summed E-state index contributed by atoms with van der Waals surface area (Å²) in [5.74, 6) is 0.851. The summed E-state index contributed by atoms with van der Waals surface area (Å²) in [6.07, 6.45) is -0.201. The minimum Gasteiger partial charge on any atom is -0.349 e. The van der Waals surface area contributed by atoms with Crippen molar-refractivity contribution in [1.29, 1.82) is 0 Å². The lowest BCUT2D eigenvalue weighted by atomic mass is 10.0. The fraction of sp³-hybridized carbons (Fsp3) is 0.400. The van der Waals surface area contributed by atoms with Crippen molar-refractivity contribution in [2.24, 2.45) is 0 Å². The van der Waals surface area contributed by atoms with E-state index >= 15 is 0 Å². The van der Waals surface area contributed by atoms with E-state index in [1.807, 2.05) is 0 Å². The molecule has 114 valence electrons. The third kappa shape index (κ3) is 5.59. The van der Waals surface area contributed by atoms with Gasteiger partial charge in [-0.05, 0) is 18.5 Å². The molecule has 1 unspecified atom stereocenters. The lowest BCUT2D eigenvalue weighted by Crippen LogP contribution is -2.27. The van der Waals surface area contributed by atoms with Crippen LogP contribution >= 0.6 is 0 Å². The highest BCUT2D eigenvalue weighted by Crippen LogP contribution is 2.29. The molecule has 3 nitrogen and oxygen atoms in total. The number of aromatic nitrogens is 2. The van der Waals surface area contributed by atoms with E-state index in [9.17, 15) is 13.2 Å². The van der Waals surface area contributed by atoms with E-state index in [1.54, 1.807) is 42.7 Å². The van der Waals surface area contributed by atoms with E-state index in [4.69, 9.17) is 0 Å². The predicted octanol–water partition coefficient (Wildman–Crippen LogP) is 3.63. The quantitative estimate of drug-likeness (QED) is 0.766. The van der Waals surface area contributed by atoms with Crippen LogP contribution in [0.1, 0.15) is 30.3 Å². The Morgan fingerprint density at radius 1 is 1.19 bits per heavy atom. The van der Waals surface area contributed by atoms with Crippen molar-refractivity contribution in [1.82, 2.24) is 15.3 Å². The van der Waals surface area contributed by atoms with Crippen molar-refractivity contribution in [3.63, 3.8) is 0 Å². The molecule has 1 aromatic carbocycles. The number of halogens is 3. The lowest BCUT2D eigenvalue weighted by Gasteiger charge is -2.20. The van der Waals surface area contributed by atoms with Crippen LogP contribution < -0.4 is 5.32 Å². The predicted molar refractivity (Wildman–Crippen MR) is 74.8 cm³/mol. The van der Waals surface area contributed by atoms with Crippen LogP contribution in [0.3, 0.4) is 0 Å². The fourth-order valence-electron chi connectivity index (χ4n) is 2.19. The number of nitrogens with one attached hydrogen (secondary N) is 2. The fourth-order valence-corrected chi connectivity index (χ4v) is 2.19. The molecule has 0 aliphatic carbocycles. The Kier molecular flexibility index (Phi) is 5.38. The van der Waals surface area contributed by atoms with Gasteiger partial charge in [-0.15, -0.1) is 0 Å². The van der Waals surface area contributed by atoms with Crippen molar-refractivity contribution in [2.45, 2.75) is 31.5 Å². The summed E-state index contributed by atoms with van der Waals surface area (Å²) in [7, 11) is 0. The number of hydrogen-bond donors (Lipinski definition) is 2. The SMILES string of the molecule is FC(F)(F)CC(NCCCc1ncc[nH]1)c1ccccc1. The average Bonchev–Trinajstić information content (AvgIpc) is 2.95. The Bertz CT molecular complexity index is 509. The zero-order valence-corrected chi connectivity index (χ0v) is 11.5. The van der Waals surface area contributed by atoms with Gasteiger partial charge in [-0.2, -0.15) is 13.2 Å². The average molecular weight is 297 g/mol. The van der Waals surface area contributed by atoms with Gasteiger partial charge in [0.25, 0.3) is 0 Å². The van der Waals surface area contributed by atoms with Crippen LogP contribution in [0.25, 0.3) is 0 Å². The number of rotatable bonds is 7.